The van der Waals surface area contributed by atoms with E-state index in [9.17, 15) is 14.4 Å². The van der Waals surface area contributed by atoms with E-state index in [4.69, 9.17) is 0 Å². The summed E-state index contributed by atoms with van der Waals surface area (Å²) < 4.78 is 0. The van der Waals surface area contributed by atoms with Gasteiger partial charge in [-0.25, -0.2) is 0 Å². The van der Waals surface area contributed by atoms with Gasteiger partial charge < -0.3 is 15.1 Å². The molecule has 2 aromatic rings. The summed E-state index contributed by atoms with van der Waals surface area (Å²) in [5.41, 5.74) is 3.01. The maximum Gasteiger partial charge on any atom is 0.246 e. The molecule has 0 aromatic heterocycles. The van der Waals surface area contributed by atoms with Gasteiger partial charge in [-0.3, -0.25) is 14.4 Å². The first-order valence-corrected chi connectivity index (χ1v) is 11.8. The molecule has 2 aliphatic heterocycles. The summed E-state index contributed by atoms with van der Waals surface area (Å²) in [5, 5.41) is 3.12. The number of carbonyl (C=O) groups is 3. The molecule has 0 atom stereocenters. The number of piperidine rings is 1. The van der Waals surface area contributed by atoms with Crippen LogP contribution in [0, 0.1) is 0 Å². The molecular weight excluding hydrogens is 414 g/mol. The molecule has 6 heteroatoms. The Morgan fingerprint density at radius 3 is 2.36 bits per heavy atom. The molecule has 0 aliphatic carbocycles. The number of nitrogens with one attached hydrogen (secondary N) is 1. The molecule has 2 fully saturated rings. The Morgan fingerprint density at radius 2 is 1.70 bits per heavy atom. The van der Waals surface area contributed by atoms with Gasteiger partial charge in [-0.2, -0.15) is 0 Å². The van der Waals surface area contributed by atoms with Crippen LogP contribution in [0.5, 0.6) is 0 Å². The molecule has 3 amide bonds. The SMILES string of the molecule is O=C(CCc1ccccc1)NC1CCN(C(=O)C=Cc2ccc(N3CCCC3=O)cc2)CC1. The van der Waals surface area contributed by atoms with Crippen molar-refractivity contribution in [3.05, 3.63) is 71.8 Å². The van der Waals surface area contributed by atoms with E-state index in [1.54, 1.807) is 6.08 Å². The molecule has 172 valence electrons. The molecule has 1 N–H and O–H groups in total. The third-order valence-corrected chi connectivity index (χ3v) is 6.35. The Balaban J connectivity index is 1.19. The molecule has 33 heavy (non-hydrogen) atoms. The monoisotopic (exact) mass is 445 g/mol. The fourth-order valence-electron chi connectivity index (χ4n) is 4.41. The van der Waals surface area contributed by atoms with E-state index in [1.165, 1.54) is 5.56 Å². The third-order valence-electron chi connectivity index (χ3n) is 6.35. The van der Waals surface area contributed by atoms with Crippen LogP contribution in [0.15, 0.2) is 60.7 Å². The molecule has 0 spiro atoms. The highest BCUT2D eigenvalue weighted by molar-refractivity contribution is 5.95. The lowest BCUT2D eigenvalue weighted by Gasteiger charge is -2.31. The van der Waals surface area contributed by atoms with Crippen LogP contribution in [0.3, 0.4) is 0 Å². The van der Waals surface area contributed by atoms with Crippen LogP contribution >= 0.6 is 0 Å². The summed E-state index contributed by atoms with van der Waals surface area (Å²) in [6.07, 6.45) is 7.71. The van der Waals surface area contributed by atoms with Gasteiger partial charge in [-0.15, -0.1) is 0 Å². The summed E-state index contributed by atoms with van der Waals surface area (Å²) in [7, 11) is 0. The van der Waals surface area contributed by atoms with Crippen molar-refractivity contribution in [2.45, 2.75) is 44.6 Å². The Morgan fingerprint density at radius 1 is 0.970 bits per heavy atom. The zero-order valence-electron chi connectivity index (χ0n) is 18.9. The average Bonchev–Trinajstić information content (AvgIpc) is 3.28. The second-order valence-electron chi connectivity index (χ2n) is 8.73. The number of hydrogen-bond acceptors (Lipinski definition) is 3. The van der Waals surface area contributed by atoms with Gasteiger partial charge in [0.15, 0.2) is 0 Å². The lowest BCUT2D eigenvalue weighted by Crippen LogP contribution is -2.46. The standard InChI is InChI=1S/C27H31N3O3/c31-25(14-10-21-5-2-1-3-6-21)28-23-16-19-29(20-17-23)26(32)15-11-22-8-12-24(13-9-22)30-18-4-7-27(30)33/h1-3,5-6,8-9,11-13,15,23H,4,7,10,14,16-20H2,(H,28,31). The van der Waals surface area contributed by atoms with Crippen molar-refractivity contribution in [1.82, 2.24) is 10.2 Å². The summed E-state index contributed by atoms with van der Waals surface area (Å²) in [5.74, 6) is 0.231. The van der Waals surface area contributed by atoms with Crippen LogP contribution in [-0.2, 0) is 20.8 Å². The highest BCUT2D eigenvalue weighted by Gasteiger charge is 2.23. The van der Waals surface area contributed by atoms with Gasteiger partial charge in [0.1, 0.15) is 0 Å². The third kappa shape index (κ3) is 6.31. The van der Waals surface area contributed by atoms with Gasteiger partial charge in [-0.05, 0) is 55.0 Å². The fraction of sp³-hybridized carbons (Fsp3) is 0.370. The summed E-state index contributed by atoms with van der Waals surface area (Å²) in [4.78, 5) is 40.3. The quantitative estimate of drug-likeness (QED) is 0.663. The second kappa shape index (κ2) is 10.9. The van der Waals surface area contributed by atoms with Gasteiger partial charge in [0, 0.05) is 50.3 Å². The molecule has 2 heterocycles. The van der Waals surface area contributed by atoms with Crippen LogP contribution < -0.4 is 10.2 Å². The normalized spacial score (nSPS) is 17.0. The Labute approximate surface area is 195 Å². The first kappa shape index (κ1) is 22.8. The predicted molar refractivity (Wildman–Crippen MR) is 130 cm³/mol. The smallest absolute Gasteiger partial charge is 0.246 e. The van der Waals surface area contributed by atoms with Crippen molar-refractivity contribution in [1.29, 1.82) is 0 Å². The van der Waals surface area contributed by atoms with Gasteiger partial charge >= 0.3 is 0 Å². The molecule has 0 bridgehead atoms. The average molecular weight is 446 g/mol. The predicted octanol–water partition coefficient (Wildman–Crippen LogP) is 3.57. The molecule has 6 nitrogen and oxygen atoms in total. The number of anilines is 1. The Kier molecular flexibility index (Phi) is 7.55. The van der Waals surface area contributed by atoms with Crippen LogP contribution in [0.1, 0.15) is 43.2 Å². The van der Waals surface area contributed by atoms with Crippen LogP contribution in [-0.4, -0.2) is 48.3 Å². The number of likely N-dealkylation sites (tertiary alicyclic amines) is 1. The first-order chi connectivity index (χ1) is 16.1. The van der Waals surface area contributed by atoms with E-state index in [-0.39, 0.29) is 23.8 Å². The molecule has 0 unspecified atom stereocenters. The van der Waals surface area contributed by atoms with E-state index >= 15 is 0 Å². The van der Waals surface area contributed by atoms with Crippen LogP contribution in [0.25, 0.3) is 6.08 Å². The summed E-state index contributed by atoms with van der Waals surface area (Å²) in [6, 6.07) is 17.9. The molecular formula is C27H31N3O3. The van der Waals surface area contributed by atoms with Gasteiger partial charge in [-0.1, -0.05) is 42.5 Å². The molecule has 2 aromatic carbocycles. The minimum atomic E-state index is -0.0114. The maximum atomic E-state index is 12.6. The number of benzene rings is 2. The molecule has 2 saturated heterocycles. The number of hydrogen-bond donors (Lipinski definition) is 1. The highest BCUT2D eigenvalue weighted by Crippen LogP contribution is 2.22. The van der Waals surface area contributed by atoms with Crippen molar-refractivity contribution < 1.29 is 14.4 Å². The number of nitrogens with zero attached hydrogens (tertiary/aromatic N) is 2. The van der Waals surface area contributed by atoms with Crippen molar-refractivity contribution in [2.24, 2.45) is 0 Å². The van der Waals surface area contributed by atoms with E-state index in [0.29, 0.717) is 25.9 Å². The number of carbonyl (C=O) groups excluding carboxylic acids is 3. The Bertz CT molecular complexity index is 993. The largest absolute Gasteiger partial charge is 0.353 e. The maximum absolute atomic E-state index is 12.6. The van der Waals surface area contributed by atoms with Gasteiger partial charge in [0.05, 0.1) is 0 Å². The second-order valence-corrected chi connectivity index (χ2v) is 8.73. The van der Waals surface area contributed by atoms with E-state index in [1.807, 2.05) is 70.5 Å². The molecule has 4 rings (SSSR count). The molecule has 2 aliphatic rings. The number of rotatable bonds is 7. The Hall–Kier alpha value is -3.41. The minimum absolute atomic E-state index is 0.0114. The fourth-order valence-corrected chi connectivity index (χ4v) is 4.41. The number of aryl methyl sites for hydroxylation is 1. The van der Waals surface area contributed by atoms with Crippen LogP contribution in [0.4, 0.5) is 5.69 Å². The zero-order valence-corrected chi connectivity index (χ0v) is 18.9. The molecule has 0 saturated carbocycles. The van der Waals surface area contributed by atoms with E-state index in [2.05, 4.69) is 5.32 Å². The van der Waals surface area contributed by atoms with E-state index in [0.717, 1.165) is 43.5 Å². The van der Waals surface area contributed by atoms with Crippen molar-refractivity contribution in [3.8, 4) is 0 Å². The van der Waals surface area contributed by atoms with Gasteiger partial charge in [0.2, 0.25) is 17.7 Å². The number of amides is 3. The van der Waals surface area contributed by atoms with Crippen molar-refractivity contribution >= 4 is 29.5 Å². The zero-order chi connectivity index (χ0) is 23.0. The topological polar surface area (TPSA) is 69.7 Å². The van der Waals surface area contributed by atoms with E-state index < -0.39 is 0 Å². The first-order valence-electron chi connectivity index (χ1n) is 11.8. The van der Waals surface area contributed by atoms with Crippen molar-refractivity contribution in [3.63, 3.8) is 0 Å². The summed E-state index contributed by atoms with van der Waals surface area (Å²) >= 11 is 0. The minimum Gasteiger partial charge on any atom is -0.353 e. The highest BCUT2D eigenvalue weighted by atomic mass is 16.2. The lowest BCUT2D eigenvalue weighted by atomic mass is 10.0. The summed E-state index contributed by atoms with van der Waals surface area (Å²) in [6.45, 7) is 2.06. The molecule has 0 radical (unpaired) electrons. The van der Waals surface area contributed by atoms with Crippen molar-refractivity contribution in [2.75, 3.05) is 24.5 Å². The van der Waals surface area contributed by atoms with Gasteiger partial charge in [0.25, 0.3) is 0 Å². The lowest BCUT2D eigenvalue weighted by molar-refractivity contribution is -0.127. The van der Waals surface area contributed by atoms with Crippen LogP contribution in [0.2, 0.25) is 0 Å².